The van der Waals surface area contributed by atoms with E-state index in [-0.39, 0.29) is 0 Å². The molecule has 6 nitrogen and oxygen atoms in total. The highest BCUT2D eigenvalue weighted by atomic mass is 79.9. The van der Waals surface area contributed by atoms with E-state index < -0.39 is 0 Å². The highest BCUT2D eigenvalue weighted by Crippen LogP contribution is 2.23. The molecule has 0 spiro atoms. The molecule has 7 heteroatoms. The monoisotopic (exact) mass is 390 g/mol. The van der Waals surface area contributed by atoms with Crippen molar-refractivity contribution < 1.29 is 0 Å². The summed E-state index contributed by atoms with van der Waals surface area (Å²) in [4.78, 5) is 20.5. The van der Waals surface area contributed by atoms with E-state index in [1.54, 1.807) is 0 Å². The Hall–Kier alpha value is -1.89. The third-order valence-electron chi connectivity index (χ3n) is 4.17. The average Bonchev–Trinajstić information content (AvgIpc) is 2.54. The molecule has 0 aliphatic carbocycles. The maximum Gasteiger partial charge on any atom is 0.227 e. The summed E-state index contributed by atoms with van der Waals surface area (Å²) in [6.45, 7) is 7.76. The molecule has 1 saturated heterocycles. The van der Waals surface area contributed by atoms with Crippen LogP contribution in [0.15, 0.2) is 22.8 Å². The van der Waals surface area contributed by atoms with Crippen molar-refractivity contribution in [1.29, 1.82) is 0 Å². The van der Waals surface area contributed by atoms with Crippen molar-refractivity contribution in [1.82, 2.24) is 15.0 Å². The van der Waals surface area contributed by atoms with Crippen LogP contribution in [0, 0.1) is 13.8 Å². The van der Waals surface area contributed by atoms with E-state index in [0.717, 1.165) is 53.9 Å². The lowest BCUT2D eigenvalue weighted by molar-refractivity contribution is 0.632. The molecule has 0 atom stereocenters. The number of hydrogen-bond acceptors (Lipinski definition) is 6. The van der Waals surface area contributed by atoms with Gasteiger partial charge in [-0.25, -0.2) is 9.97 Å². The Morgan fingerprint density at radius 2 is 1.67 bits per heavy atom. The van der Waals surface area contributed by atoms with Crippen LogP contribution in [0.5, 0.6) is 0 Å². The Kier molecular flexibility index (Phi) is 4.89. The van der Waals surface area contributed by atoms with Gasteiger partial charge in [0.15, 0.2) is 0 Å². The molecule has 0 unspecified atom stereocenters. The predicted octanol–water partition coefficient (Wildman–Crippen LogP) is 2.64. The minimum Gasteiger partial charge on any atom is -0.363 e. The van der Waals surface area contributed by atoms with Crippen LogP contribution in [0.25, 0.3) is 0 Å². The third kappa shape index (κ3) is 3.61. The first-order chi connectivity index (χ1) is 11.4. The number of aromatic nitrogens is 3. The Bertz CT molecular complexity index is 725. The Labute approximate surface area is 151 Å². The molecule has 2 aromatic rings. The van der Waals surface area contributed by atoms with Crippen LogP contribution in [-0.4, -0.2) is 55.2 Å². The van der Waals surface area contributed by atoms with E-state index in [9.17, 15) is 0 Å². The van der Waals surface area contributed by atoms with Gasteiger partial charge < -0.3 is 14.7 Å². The largest absolute Gasteiger partial charge is 0.363 e. The minimum atomic E-state index is 0.818. The van der Waals surface area contributed by atoms with Gasteiger partial charge in [-0.15, -0.1) is 0 Å². The van der Waals surface area contributed by atoms with Crippen LogP contribution in [-0.2, 0) is 0 Å². The van der Waals surface area contributed by atoms with Crippen molar-refractivity contribution >= 4 is 33.5 Å². The molecule has 3 heterocycles. The van der Waals surface area contributed by atoms with Gasteiger partial charge in [-0.05, 0) is 41.4 Å². The van der Waals surface area contributed by atoms with E-state index in [4.69, 9.17) is 0 Å². The summed E-state index contributed by atoms with van der Waals surface area (Å²) >= 11 is 3.48. The maximum absolute atomic E-state index is 4.68. The molecule has 24 heavy (non-hydrogen) atoms. The van der Waals surface area contributed by atoms with Gasteiger partial charge in [0.2, 0.25) is 5.95 Å². The fraction of sp³-hybridized carbons (Fsp3) is 0.471. The van der Waals surface area contributed by atoms with Gasteiger partial charge in [0.25, 0.3) is 0 Å². The van der Waals surface area contributed by atoms with E-state index in [1.165, 1.54) is 5.56 Å². The maximum atomic E-state index is 4.68. The number of hydrogen-bond donors (Lipinski definition) is 0. The standard InChI is InChI=1S/C17H23BrN6/c1-12-9-14(18)11-19-16(12)23-5-7-24(8-6-23)17-20-13(2)10-15(21-17)22(3)4/h9-11H,5-8H2,1-4H3. The zero-order valence-corrected chi connectivity index (χ0v) is 16.2. The molecule has 0 amide bonds. The molecule has 3 rings (SSSR count). The van der Waals surface area contributed by atoms with Gasteiger partial charge in [-0.3, -0.25) is 0 Å². The number of anilines is 3. The molecule has 0 bridgehead atoms. The van der Waals surface area contributed by atoms with Crippen molar-refractivity contribution in [3.8, 4) is 0 Å². The van der Waals surface area contributed by atoms with E-state index in [2.05, 4.69) is 53.7 Å². The summed E-state index contributed by atoms with van der Waals surface area (Å²) in [6.07, 6.45) is 1.86. The Morgan fingerprint density at radius 3 is 2.29 bits per heavy atom. The van der Waals surface area contributed by atoms with Gasteiger partial charge in [0, 0.05) is 62.7 Å². The molecule has 1 aliphatic rings. The van der Waals surface area contributed by atoms with Crippen LogP contribution in [0.1, 0.15) is 11.3 Å². The van der Waals surface area contributed by atoms with Crippen LogP contribution in [0.2, 0.25) is 0 Å². The Morgan fingerprint density at radius 1 is 1.00 bits per heavy atom. The summed E-state index contributed by atoms with van der Waals surface area (Å²) in [5.41, 5.74) is 2.19. The molecule has 128 valence electrons. The molecule has 1 fully saturated rings. The third-order valence-corrected chi connectivity index (χ3v) is 4.60. The van der Waals surface area contributed by atoms with E-state index in [0.29, 0.717) is 0 Å². The van der Waals surface area contributed by atoms with Crippen LogP contribution in [0.4, 0.5) is 17.6 Å². The first-order valence-corrected chi connectivity index (χ1v) is 8.88. The van der Waals surface area contributed by atoms with Crippen molar-refractivity contribution in [3.63, 3.8) is 0 Å². The lowest BCUT2D eigenvalue weighted by atomic mass is 10.2. The first kappa shape index (κ1) is 17.0. The lowest BCUT2D eigenvalue weighted by Gasteiger charge is -2.36. The smallest absolute Gasteiger partial charge is 0.227 e. The van der Waals surface area contributed by atoms with Crippen LogP contribution < -0.4 is 14.7 Å². The number of rotatable bonds is 3. The van der Waals surface area contributed by atoms with Gasteiger partial charge >= 0.3 is 0 Å². The molecular formula is C17H23BrN6. The fourth-order valence-corrected chi connectivity index (χ4v) is 3.34. The second-order valence-corrected chi connectivity index (χ2v) is 7.25. The summed E-state index contributed by atoms with van der Waals surface area (Å²) in [6, 6.07) is 4.12. The molecule has 1 aliphatic heterocycles. The zero-order chi connectivity index (χ0) is 17.3. The SMILES string of the molecule is Cc1cc(N(C)C)nc(N2CCN(c3ncc(Br)cc3C)CC2)n1. The molecule has 0 saturated carbocycles. The number of nitrogens with zero attached hydrogens (tertiary/aromatic N) is 6. The molecule has 0 aromatic carbocycles. The lowest BCUT2D eigenvalue weighted by Crippen LogP contribution is -2.47. The first-order valence-electron chi connectivity index (χ1n) is 8.09. The van der Waals surface area contributed by atoms with Crippen LogP contribution in [0.3, 0.4) is 0 Å². The molecule has 0 radical (unpaired) electrons. The number of piperazine rings is 1. The summed E-state index contributed by atoms with van der Waals surface area (Å²) in [5, 5.41) is 0. The highest BCUT2D eigenvalue weighted by molar-refractivity contribution is 9.10. The fourth-order valence-electron chi connectivity index (χ4n) is 2.89. The second kappa shape index (κ2) is 6.93. The van der Waals surface area contributed by atoms with Crippen LogP contribution >= 0.6 is 15.9 Å². The summed E-state index contributed by atoms with van der Waals surface area (Å²) in [5.74, 6) is 2.83. The molecule has 2 aromatic heterocycles. The highest BCUT2D eigenvalue weighted by Gasteiger charge is 2.21. The number of pyridine rings is 1. The average molecular weight is 391 g/mol. The summed E-state index contributed by atoms with van der Waals surface area (Å²) in [7, 11) is 4.01. The second-order valence-electron chi connectivity index (χ2n) is 6.33. The van der Waals surface area contributed by atoms with E-state index in [1.807, 2.05) is 38.2 Å². The van der Waals surface area contributed by atoms with Gasteiger partial charge in [0.1, 0.15) is 11.6 Å². The number of halogens is 1. The van der Waals surface area contributed by atoms with Crippen molar-refractivity contribution in [2.45, 2.75) is 13.8 Å². The van der Waals surface area contributed by atoms with Gasteiger partial charge in [0.05, 0.1) is 0 Å². The zero-order valence-electron chi connectivity index (χ0n) is 14.6. The van der Waals surface area contributed by atoms with Crippen molar-refractivity contribution in [2.75, 3.05) is 55.0 Å². The van der Waals surface area contributed by atoms with E-state index >= 15 is 0 Å². The van der Waals surface area contributed by atoms with Gasteiger partial charge in [-0.2, -0.15) is 4.98 Å². The normalized spacial score (nSPS) is 14.9. The predicted molar refractivity (Wildman–Crippen MR) is 102 cm³/mol. The quantitative estimate of drug-likeness (QED) is 0.802. The van der Waals surface area contributed by atoms with Crippen molar-refractivity contribution in [3.05, 3.63) is 34.1 Å². The summed E-state index contributed by atoms with van der Waals surface area (Å²) < 4.78 is 1.02. The molecule has 0 N–H and O–H groups in total. The topological polar surface area (TPSA) is 48.4 Å². The molecular weight excluding hydrogens is 368 g/mol. The number of aryl methyl sites for hydroxylation is 2. The minimum absolute atomic E-state index is 0.818. The Balaban J connectivity index is 1.73. The van der Waals surface area contributed by atoms with Crippen molar-refractivity contribution in [2.24, 2.45) is 0 Å². The van der Waals surface area contributed by atoms with Gasteiger partial charge in [-0.1, -0.05) is 0 Å².